The Bertz CT molecular complexity index is 481. The molecule has 0 radical (unpaired) electrons. The normalized spacial score (nSPS) is 28.0. The SMILES string of the molecule is c1cncc(C2OCC3(CO2)COC2(CCCCC2)OC3)c1. The lowest BCUT2D eigenvalue weighted by Gasteiger charge is -2.49. The summed E-state index contributed by atoms with van der Waals surface area (Å²) in [5, 5.41) is 0. The average molecular weight is 305 g/mol. The van der Waals surface area contributed by atoms with Crippen molar-refractivity contribution in [3.05, 3.63) is 30.1 Å². The molecule has 3 fully saturated rings. The first-order valence-electron chi connectivity index (χ1n) is 8.20. The van der Waals surface area contributed by atoms with Crippen molar-refractivity contribution in [3.63, 3.8) is 0 Å². The zero-order valence-electron chi connectivity index (χ0n) is 12.8. The molecule has 0 aromatic carbocycles. The second kappa shape index (κ2) is 5.89. The Kier molecular flexibility index (Phi) is 3.90. The summed E-state index contributed by atoms with van der Waals surface area (Å²) in [6, 6.07) is 3.87. The van der Waals surface area contributed by atoms with Crippen LogP contribution in [0, 0.1) is 5.41 Å². The highest BCUT2D eigenvalue weighted by Gasteiger charge is 2.47. The fourth-order valence-corrected chi connectivity index (χ4v) is 3.50. The Hall–Kier alpha value is -1.01. The van der Waals surface area contributed by atoms with Crippen LogP contribution in [0.5, 0.6) is 0 Å². The van der Waals surface area contributed by atoms with Crippen LogP contribution in [0.4, 0.5) is 0 Å². The van der Waals surface area contributed by atoms with Crippen molar-refractivity contribution in [2.45, 2.75) is 44.2 Å². The van der Waals surface area contributed by atoms with Crippen LogP contribution < -0.4 is 0 Å². The molecule has 1 aromatic heterocycles. The van der Waals surface area contributed by atoms with Gasteiger partial charge in [0.15, 0.2) is 12.1 Å². The molecule has 5 heteroatoms. The smallest absolute Gasteiger partial charge is 0.185 e. The second-order valence-corrected chi connectivity index (χ2v) is 6.79. The molecular weight excluding hydrogens is 282 g/mol. The number of aromatic nitrogens is 1. The molecule has 0 amide bonds. The van der Waals surface area contributed by atoms with Gasteiger partial charge in [0.05, 0.1) is 31.8 Å². The molecule has 0 bridgehead atoms. The first-order chi connectivity index (χ1) is 10.8. The van der Waals surface area contributed by atoms with E-state index in [1.165, 1.54) is 19.3 Å². The third-order valence-electron chi connectivity index (χ3n) is 4.94. The summed E-state index contributed by atoms with van der Waals surface area (Å²) in [5.74, 6) is -0.330. The van der Waals surface area contributed by atoms with E-state index in [-0.39, 0.29) is 17.5 Å². The Morgan fingerprint density at radius 2 is 1.68 bits per heavy atom. The second-order valence-electron chi connectivity index (χ2n) is 6.79. The largest absolute Gasteiger partial charge is 0.349 e. The zero-order valence-corrected chi connectivity index (χ0v) is 12.8. The van der Waals surface area contributed by atoms with E-state index in [4.69, 9.17) is 18.9 Å². The van der Waals surface area contributed by atoms with Gasteiger partial charge >= 0.3 is 0 Å². The number of rotatable bonds is 1. The Morgan fingerprint density at radius 1 is 0.955 bits per heavy atom. The van der Waals surface area contributed by atoms with Crippen LogP contribution in [0.3, 0.4) is 0 Å². The Labute approximate surface area is 130 Å². The number of nitrogens with zero attached hydrogens (tertiary/aromatic N) is 1. The van der Waals surface area contributed by atoms with Crippen molar-refractivity contribution in [3.8, 4) is 0 Å². The predicted molar refractivity (Wildman–Crippen MR) is 79.0 cm³/mol. The van der Waals surface area contributed by atoms with E-state index in [9.17, 15) is 0 Å². The van der Waals surface area contributed by atoms with Crippen LogP contribution in [0.1, 0.15) is 44.0 Å². The van der Waals surface area contributed by atoms with Crippen LogP contribution in [0.2, 0.25) is 0 Å². The minimum Gasteiger partial charge on any atom is -0.349 e. The van der Waals surface area contributed by atoms with E-state index in [1.807, 2.05) is 12.1 Å². The van der Waals surface area contributed by atoms with Crippen molar-refractivity contribution in [1.82, 2.24) is 4.98 Å². The molecule has 0 unspecified atom stereocenters. The maximum Gasteiger partial charge on any atom is 0.185 e. The number of hydrogen-bond acceptors (Lipinski definition) is 5. The summed E-state index contributed by atoms with van der Waals surface area (Å²) in [4.78, 5) is 4.11. The van der Waals surface area contributed by atoms with Crippen molar-refractivity contribution < 1.29 is 18.9 Å². The van der Waals surface area contributed by atoms with Crippen molar-refractivity contribution in [1.29, 1.82) is 0 Å². The van der Waals surface area contributed by atoms with Gasteiger partial charge < -0.3 is 18.9 Å². The molecule has 0 N–H and O–H groups in total. The molecule has 3 aliphatic rings. The summed E-state index contributed by atoms with van der Waals surface area (Å²) in [6.45, 7) is 2.52. The highest BCUT2D eigenvalue weighted by Crippen LogP contribution is 2.42. The van der Waals surface area contributed by atoms with E-state index in [0.717, 1.165) is 18.4 Å². The third kappa shape index (κ3) is 2.78. The first kappa shape index (κ1) is 14.6. The van der Waals surface area contributed by atoms with Gasteiger partial charge in [-0.05, 0) is 18.9 Å². The molecule has 0 atom stereocenters. The molecule has 1 saturated carbocycles. The molecule has 2 spiro atoms. The third-order valence-corrected chi connectivity index (χ3v) is 4.94. The van der Waals surface area contributed by atoms with Gasteiger partial charge in [0.25, 0.3) is 0 Å². The number of pyridine rings is 1. The van der Waals surface area contributed by atoms with Gasteiger partial charge in [-0.3, -0.25) is 4.98 Å². The molecule has 5 nitrogen and oxygen atoms in total. The number of ether oxygens (including phenoxy) is 4. The molecule has 22 heavy (non-hydrogen) atoms. The topological polar surface area (TPSA) is 49.8 Å². The lowest BCUT2D eigenvalue weighted by Crippen LogP contribution is -2.55. The molecule has 3 heterocycles. The molecule has 2 saturated heterocycles. The van der Waals surface area contributed by atoms with Gasteiger partial charge in [-0.15, -0.1) is 0 Å². The van der Waals surface area contributed by atoms with E-state index in [0.29, 0.717) is 26.4 Å². The van der Waals surface area contributed by atoms with Crippen molar-refractivity contribution in [2.24, 2.45) is 5.41 Å². The van der Waals surface area contributed by atoms with Gasteiger partial charge in [0.1, 0.15) is 0 Å². The Balaban J connectivity index is 1.36. The minimum atomic E-state index is -0.330. The van der Waals surface area contributed by atoms with Crippen LogP contribution in [-0.4, -0.2) is 37.2 Å². The lowest BCUT2D eigenvalue weighted by atomic mass is 9.87. The van der Waals surface area contributed by atoms with Gasteiger partial charge in [-0.2, -0.15) is 0 Å². The van der Waals surface area contributed by atoms with Gasteiger partial charge in [0, 0.05) is 30.8 Å². The minimum absolute atomic E-state index is 0.165. The van der Waals surface area contributed by atoms with Gasteiger partial charge in [-0.25, -0.2) is 0 Å². The quantitative estimate of drug-likeness (QED) is 0.798. The summed E-state index contributed by atoms with van der Waals surface area (Å²) in [6.07, 6.45) is 8.93. The van der Waals surface area contributed by atoms with Crippen LogP contribution in [0.15, 0.2) is 24.5 Å². The van der Waals surface area contributed by atoms with E-state index < -0.39 is 0 Å². The Morgan fingerprint density at radius 3 is 2.32 bits per heavy atom. The van der Waals surface area contributed by atoms with Crippen molar-refractivity contribution >= 4 is 0 Å². The summed E-state index contributed by atoms with van der Waals surface area (Å²) < 4.78 is 24.1. The van der Waals surface area contributed by atoms with Gasteiger partial charge in [0.2, 0.25) is 0 Å². The molecule has 1 aromatic rings. The zero-order chi connectivity index (χ0) is 14.9. The molecular formula is C17H23NO4. The van der Waals surface area contributed by atoms with E-state index >= 15 is 0 Å². The summed E-state index contributed by atoms with van der Waals surface area (Å²) in [5.41, 5.74) is 0.792. The van der Waals surface area contributed by atoms with Crippen LogP contribution >= 0.6 is 0 Å². The van der Waals surface area contributed by atoms with Crippen LogP contribution in [0.25, 0.3) is 0 Å². The van der Waals surface area contributed by atoms with Crippen molar-refractivity contribution in [2.75, 3.05) is 26.4 Å². The predicted octanol–water partition coefficient (Wildman–Crippen LogP) is 2.82. The van der Waals surface area contributed by atoms with E-state index in [2.05, 4.69) is 4.98 Å². The highest BCUT2D eigenvalue weighted by molar-refractivity contribution is 5.10. The molecule has 1 aliphatic carbocycles. The fourth-order valence-electron chi connectivity index (χ4n) is 3.50. The maximum absolute atomic E-state index is 6.15. The van der Waals surface area contributed by atoms with Gasteiger partial charge in [-0.1, -0.05) is 12.5 Å². The first-order valence-corrected chi connectivity index (χ1v) is 8.20. The summed E-state index contributed by atoms with van der Waals surface area (Å²) in [7, 11) is 0. The molecule has 2 aliphatic heterocycles. The standard InChI is InChI=1S/C17H23NO4/c1-2-6-17(7-3-1)21-12-16(13-22-17)10-19-15(20-11-16)14-5-4-8-18-9-14/h4-5,8-9,15H,1-3,6-7,10-13H2. The average Bonchev–Trinajstić information content (AvgIpc) is 2.61. The summed E-state index contributed by atoms with van der Waals surface area (Å²) >= 11 is 0. The van der Waals surface area contributed by atoms with Crippen LogP contribution in [-0.2, 0) is 18.9 Å². The highest BCUT2D eigenvalue weighted by atomic mass is 16.7. The fraction of sp³-hybridized carbons (Fsp3) is 0.706. The maximum atomic E-state index is 6.15. The monoisotopic (exact) mass is 305 g/mol. The lowest BCUT2D eigenvalue weighted by molar-refractivity contribution is -0.351. The number of hydrogen-bond donors (Lipinski definition) is 0. The molecule has 4 rings (SSSR count). The molecule has 120 valence electrons. The van der Waals surface area contributed by atoms with E-state index in [1.54, 1.807) is 12.4 Å².